The Kier molecular flexibility index (Phi) is 4.95. The van der Waals surface area contributed by atoms with Crippen molar-refractivity contribution in [1.29, 1.82) is 0 Å². The number of hydrogen-bond acceptors (Lipinski definition) is 3. The lowest BCUT2D eigenvalue weighted by atomic mass is 10.1. The minimum Gasteiger partial charge on any atom is -0.340 e. The van der Waals surface area contributed by atoms with Gasteiger partial charge in [0.2, 0.25) is 15.9 Å². The number of carbonyl (C=O) groups is 1. The molecule has 0 N–H and O–H groups in total. The van der Waals surface area contributed by atoms with Gasteiger partial charge in [0.05, 0.1) is 12.2 Å². The summed E-state index contributed by atoms with van der Waals surface area (Å²) in [4.78, 5) is 13.7. The van der Waals surface area contributed by atoms with E-state index < -0.39 is 15.8 Å². The summed E-state index contributed by atoms with van der Waals surface area (Å²) in [6, 6.07) is 6.19. The summed E-state index contributed by atoms with van der Waals surface area (Å²) in [6.07, 6.45) is 0.00714. The summed E-state index contributed by atoms with van der Waals surface area (Å²) in [7, 11) is -3.20. The number of rotatable bonds is 4. The molecule has 7 heteroatoms. The van der Waals surface area contributed by atoms with E-state index in [0.29, 0.717) is 31.7 Å². The highest BCUT2D eigenvalue weighted by molar-refractivity contribution is 7.89. The molecule has 21 heavy (non-hydrogen) atoms. The van der Waals surface area contributed by atoms with Gasteiger partial charge in [0.15, 0.2) is 0 Å². The monoisotopic (exact) mass is 314 g/mol. The van der Waals surface area contributed by atoms with E-state index in [0.717, 1.165) is 0 Å². The first-order valence-corrected chi connectivity index (χ1v) is 8.54. The van der Waals surface area contributed by atoms with Crippen LogP contribution in [0.4, 0.5) is 4.39 Å². The maximum absolute atomic E-state index is 13.5. The smallest absolute Gasteiger partial charge is 0.227 e. The van der Waals surface area contributed by atoms with Crippen LogP contribution in [-0.4, -0.2) is 55.5 Å². The zero-order chi connectivity index (χ0) is 15.5. The van der Waals surface area contributed by atoms with Crippen LogP contribution < -0.4 is 0 Å². The number of hydrogen-bond donors (Lipinski definition) is 0. The molecule has 1 aliphatic rings. The van der Waals surface area contributed by atoms with Crippen LogP contribution in [0.1, 0.15) is 12.5 Å². The van der Waals surface area contributed by atoms with Crippen molar-refractivity contribution >= 4 is 15.9 Å². The van der Waals surface area contributed by atoms with Crippen molar-refractivity contribution in [3.8, 4) is 0 Å². The Labute approximate surface area is 124 Å². The van der Waals surface area contributed by atoms with Gasteiger partial charge in [0.25, 0.3) is 0 Å². The predicted octanol–water partition coefficient (Wildman–Crippen LogP) is 0.862. The van der Waals surface area contributed by atoms with Crippen LogP contribution in [0, 0.1) is 5.82 Å². The van der Waals surface area contributed by atoms with E-state index in [2.05, 4.69) is 0 Å². The maximum Gasteiger partial charge on any atom is 0.227 e. The first kappa shape index (κ1) is 15.9. The van der Waals surface area contributed by atoms with Crippen LogP contribution in [0.2, 0.25) is 0 Å². The van der Waals surface area contributed by atoms with Crippen molar-refractivity contribution < 1.29 is 17.6 Å². The van der Waals surface area contributed by atoms with Crippen molar-refractivity contribution in [1.82, 2.24) is 9.21 Å². The molecule has 116 valence electrons. The summed E-state index contributed by atoms with van der Waals surface area (Å²) in [5.74, 6) is -0.498. The second kappa shape index (κ2) is 6.53. The topological polar surface area (TPSA) is 57.7 Å². The minimum atomic E-state index is -3.20. The summed E-state index contributed by atoms with van der Waals surface area (Å²) in [5, 5.41) is 0. The number of sulfonamides is 1. The van der Waals surface area contributed by atoms with Gasteiger partial charge in [-0.1, -0.05) is 18.2 Å². The van der Waals surface area contributed by atoms with E-state index >= 15 is 0 Å². The van der Waals surface area contributed by atoms with Crippen molar-refractivity contribution in [2.75, 3.05) is 31.9 Å². The van der Waals surface area contributed by atoms with E-state index in [1.54, 1.807) is 30.0 Å². The number of halogens is 1. The highest BCUT2D eigenvalue weighted by Gasteiger charge is 2.27. The average Bonchev–Trinajstić information content (AvgIpc) is 2.49. The van der Waals surface area contributed by atoms with Crippen LogP contribution in [0.3, 0.4) is 0 Å². The normalized spacial score (nSPS) is 17.0. The van der Waals surface area contributed by atoms with Gasteiger partial charge in [-0.3, -0.25) is 4.79 Å². The van der Waals surface area contributed by atoms with Crippen molar-refractivity contribution in [2.24, 2.45) is 0 Å². The van der Waals surface area contributed by atoms with Gasteiger partial charge in [-0.05, 0) is 18.6 Å². The lowest BCUT2D eigenvalue weighted by Gasteiger charge is -2.33. The van der Waals surface area contributed by atoms with E-state index in [1.165, 1.54) is 10.4 Å². The summed E-state index contributed by atoms with van der Waals surface area (Å²) < 4.78 is 38.4. The fraction of sp³-hybridized carbons (Fsp3) is 0.500. The molecule has 1 amide bonds. The Hall–Kier alpha value is -1.47. The second-order valence-electron chi connectivity index (χ2n) is 4.95. The molecule has 0 bridgehead atoms. The fourth-order valence-electron chi connectivity index (χ4n) is 2.31. The van der Waals surface area contributed by atoms with Crippen molar-refractivity contribution in [3.05, 3.63) is 35.6 Å². The fourth-order valence-corrected chi connectivity index (χ4v) is 3.40. The third kappa shape index (κ3) is 3.79. The molecule has 5 nitrogen and oxygen atoms in total. The number of benzene rings is 1. The predicted molar refractivity (Wildman–Crippen MR) is 77.7 cm³/mol. The molecular formula is C14H19FN2O3S. The molecule has 1 aliphatic heterocycles. The third-order valence-corrected chi connectivity index (χ3v) is 5.53. The zero-order valence-corrected chi connectivity index (χ0v) is 12.8. The first-order chi connectivity index (χ1) is 9.94. The molecule has 1 saturated heterocycles. The molecule has 1 heterocycles. The SMILES string of the molecule is CCS(=O)(=O)N1CCN(C(=O)Cc2ccccc2F)CC1. The summed E-state index contributed by atoms with van der Waals surface area (Å²) in [6.45, 7) is 2.92. The largest absolute Gasteiger partial charge is 0.340 e. The molecular weight excluding hydrogens is 295 g/mol. The molecule has 2 rings (SSSR count). The minimum absolute atomic E-state index is 0.00714. The molecule has 0 aliphatic carbocycles. The molecule has 0 aromatic heterocycles. The molecule has 1 aromatic rings. The molecule has 0 spiro atoms. The Morgan fingerprint density at radius 3 is 2.38 bits per heavy atom. The van der Waals surface area contributed by atoms with Crippen molar-refractivity contribution in [3.63, 3.8) is 0 Å². The molecule has 0 atom stereocenters. The molecule has 0 radical (unpaired) electrons. The van der Waals surface area contributed by atoms with E-state index in [-0.39, 0.29) is 18.1 Å². The van der Waals surface area contributed by atoms with Gasteiger partial charge in [-0.2, -0.15) is 4.31 Å². The Bertz CT molecular complexity index is 610. The first-order valence-electron chi connectivity index (χ1n) is 6.93. The van der Waals surface area contributed by atoms with Gasteiger partial charge in [0, 0.05) is 26.2 Å². The van der Waals surface area contributed by atoms with Crippen molar-refractivity contribution in [2.45, 2.75) is 13.3 Å². The van der Waals surface area contributed by atoms with Crippen LogP contribution in [-0.2, 0) is 21.2 Å². The van der Waals surface area contributed by atoms with E-state index in [4.69, 9.17) is 0 Å². The number of amides is 1. The third-order valence-electron chi connectivity index (χ3n) is 3.65. The van der Waals surface area contributed by atoms with Crippen LogP contribution >= 0.6 is 0 Å². The lowest BCUT2D eigenvalue weighted by molar-refractivity contribution is -0.131. The van der Waals surface area contributed by atoms with Gasteiger partial charge in [0.1, 0.15) is 5.82 Å². The molecule has 1 aromatic carbocycles. The standard InChI is InChI=1S/C14H19FN2O3S/c1-2-21(19,20)17-9-7-16(8-10-17)14(18)11-12-5-3-4-6-13(12)15/h3-6H,2,7-11H2,1H3. The Morgan fingerprint density at radius 1 is 1.19 bits per heavy atom. The molecule has 0 unspecified atom stereocenters. The quantitative estimate of drug-likeness (QED) is 0.828. The Balaban J connectivity index is 1.94. The summed E-state index contributed by atoms with van der Waals surface area (Å²) in [5.41, 5.74) is 0.367. The average molecular weight is 314 g/mol. The number of nitrogens with zero attached hydrogens (tertiary/aromatic N) is 2. The molecule has 1 fully saturated rings. The highest BCUT2D eigenvalue weighted by Crippen LogP contribution is 2.12. The van der Waals surface area contributed by atoms with Crippen LogP contribution in [0.25, 0.3) is 0 Å². The van der Waals surface area contributed by atoms with Gasteiger partial charge in [-0.15, -0.1) is 0 Å². The van der Waals surface area contributed by atoms with E-state index in [9.17, 15) is 17.6 Å². The van der Waals surface area contributed by atoms with Gasteiger partial charge < -0.3 is 4.90 Å². The summed E-state index contributed by atoms with van der Waals surface area (Å²) >= 11 is 0. The zero-order valence-electron chi connectivity index (χ0n) is 12.0. The lowest BCUT2D eigenvalue weighted by Crippen LogP contribution is -2.51. The highest BCUT2D eigenvalue weighted by atomic mass is 32.2. The van der Waals surface area contributed by atoms with E-state index in [1.807, 2.05) is 0 Å². The second-order valence-corrected chi connectivity index (χ2v) is 7.21. The Morgan fingerprint density at radius 2 is 1.81 bits per heavy atom. The van der Waals surface area contributed by atoms with Gasteiger partial charge in [-0.25, -0.2) is 12.8 Å². The number of carbonyl (C=O) groups excluding carboxylic acids is 1. The van der Waals surface area contributed by atoms with Crippen LogP contribution in [0.15, 0.2) is 24.3 Å². The number of piperazine rings is 1. The maximum atomic E-state index is 13.5. The van der Waals surface area contributed by atoms with Gasteiger partial charge >= 0.3 is 0 Å². The van der Waals surface area contributed by atoms with Crippen LogP contribution in [0.5, 0.6) is 0 Å². The molecule has 0 saturated carbocycles.